The normalized spacial score (nSPS) is 11.2. The summed E-state index contributed by atoms with van der Waals surface area (Å²) < 4.78 is 1.67. The summed E-state index contributed by atoms with van der Waals surface area (Å²) in [7, 11) is 0. The average molecular weight is 391 g/mol. The van der Waals surface area contributed by atoms with Gasteiger partial charge in [0.25, 0.3) is 11.2 Å². The standard InChI is InChI=1S/C21H17N3O3S/c1-2-23-20(25)18-11-15-5-3-4-6-16(15)12-19(18)22-21(23)28-13-14-7-9-17(10-8-14)24(26)27/h3-12H,2,13H2,1H3. The topological polar surface area (TPSA) is 78.0 Å². The van der Waals surface area contributed by atoms with Gasteiger partial charge in [0, 0.05) is 24.4 Å². The van der Waals surface area contributed by atoms with Crippen LogP contribution in [0.3, 0.4) is 0 Å². The molecule has 6 nitrogen and oxygen atoms in total. The fraction of sp³-hybridized carbons (Fsp3) is 0.143. The van der Waals surface area contributed by atoms with Crippen molar-refractivity contribution in [2.24, 2.45) is 0 Å². The van der Waals surface area contributed by atoms with Crippen LogP contribution in [0.25, 0.3) is 21.7 Å². The van der Waals surface area contributed by atoms with Crippen LogP contribution in [-0.2, 0) is 12.3 Å². The van der Waals surface area contributed by atoms with E-state index in [2.05, 4.69) is 0 Å². The highest BCUT2D eigenvalue weighted by Crippen LogP contribution is 2.25. The lowest BCUT2D eigenvalue weighted by molar-refractivity contribution is -0.384. The van der Waals surface area contributed by atoms with E-state index in [1.165, 1.54) is 23.9 Å². The molecule has 0 N–H and O–H groups in total. The van der Waals surface area contributed by atoms with E-state index in [0.717, 1.165) is 16.3 Å². The second-order valence-electron chi connectivity index (χ2n) is 6.37. The summed E-state index contributed by atoms with van der Waals surface area (Å²) in [6, 6.07) is 18.2. The highest BCUT2D eigenvalue weighted by atomic mass is 32.2. The van der Waals surface area contributed by atoms with Gasteiger partial charge in [0.2, 0.25) is 0 Å². The zero-order valence-electron chi connectivity index (χ0n) is 15.2. The van der Waals surface area contributed by atoms with Crippen LogP contribution < -0.4 is 5.56 Å². The molecular formula is C21H17N3O3S. The monoisotopic (exact) mass is 391 g/mol. The summed E-state index contributed by atoms with van der Waals surface area (Å²) in [5, 5.41) is 14.1. The third-order valence-electron chi connectivity index (χ3n) is 4.62. The van der Waals surface area contributed by atoms with Crippen molar-refractivity contribution in [3.8, 4) is 0 Å². The molecule has 3 aromatic carbocycles. The summed E-state index contributed by atoms with van der Waals surface area (Å²) in [5.74, 6) is 0.573. The summed E-state index contributed by atoms with van der Waals surface area (Å²) in [6.07, 6.45) is 0. The Morgan fingerprint density at radius 2 is 1.75 bits per heavy atom. The van der Waals surface area contributed by atoms with Crippen LogP contribution in [0.1, 0.15) is 12.5 Å². The van der Waals surface area contributed by atoms with Crippen LogP contribution in [0.2, 0.25) is 0 Å². The van der Waals surface area contributed by atoms with E-state index in [1.807, 2.05) is 43.3 Å². The smallest absolute Gasteiger partial charge is 0.269 e. The number of non-ortho nitro benzene ring substituents is 1. The van der Waals surface area contributed by atoms with Crippen LogP contribution in [0.15, 0.2) is 70.6 Å². The van der Waals surface area contributed by atoms with Gasteiger partial charge in [0.1, 0.15) is 0 Å². The Labute approximate surface area is 165 Å². The summed E-state index contributed by atoms with van der Waals surface area (Å²) in [6.45, 7) is 2.45. The summed E-state index contributed by atoms with van der Waals surface area (Å²) >= 11 is 1.46. The Hall–Kier alpha value is -3.19. The van der Waals surface area contributed by atoms with Gasteiger partial charge in [-0.3, -0.25) is 19.5 Å². The predicted octanol–water partition coefficient (Wildman–Crippen LogP) is 4.77. The van der Waals surface area contributed by atoms with Gasteiger partial charge in [-0.15, -0.1) is 0 Å². The molecule has 0 spiro atoms. The number of thioether (sulfide) groups is 1. The number of hydrogen-bond acceptors (Lipinski definition) is 5. The molecule has 1 aromatic heterocycles. The molecule has 4 aromatic rings. The van der Waals surface area contributed by atoms with Crippen molar-refractivity contribution in [3.63, 3.8) is 0 Å². The molecule has 0 aliphatic rings. The molecule has 0 amide bonds. The van der Waals surface area contributed by atoms with E-state index in [-0.39, 0.29) is 11.2 Å². The van der Waals surface area contributed by atoms with Gasteiger partial charge < -0.3 is 0 Å². The van der Waals surface area contributed by atoms with Gasteiger partial charge in [-0.05, 0) is 35.4 Å². The first kappa shape index (κ1) is 18.2. The summed E-state index contributed by atoms with van der Waals surface area (Å²) in [5.41, 5.74) is 1.63. The number of nitro benzene ring substituents is 1. The number of nitrogens with zero attached hydrogens (tertiary/aromatic N) is 3. The fourth-order valence-corrected chi connectivity index (χ4v) is 4.16. The van der Waals surface area contributed by atoms with E-state index >= 15 is 0 Å². The minimum atomic E-state index is -0.416. The lowest BCUT2D eigenvalue weighted by atomic mass is 10.1. The molecule has 4 rings (SSSR count). The number of aromatic nitrogens is 2. The van der Waals surface area contributed by atoms with Crippen LogP contribution >= 0.6 is 11.8 Å². The molecule has 0 atom stereocenters. The molecule has 0 unspecified atom stereocenters. The molecule has 0 saturated heterocycles. The quantitative estimate of drug-likeness (QED) is 0.161. The first-order valence-corrected chi connectivity index (χ1v) is 9.85. The van der Waals surface area contributed by atoms with Crippen molar-refractivity contribution in [1.82, 2.24) is 9.55 Å². The maximum Gasteiger partial charge on any atom is 0.269 e. The van der Waals surface area contributed by atoms with Crippen molar-refractivity contribution >= 4 is 39.1 Å². The Morgan fingerprint density at radius 3 is 2.39 bits per heavy atom. The third kappa shape index (κ3) is 3.36. The van der Waals surface area contributed by atoms with Gasteiger partial charge in [-0.2, -0.15) is 0 Å². The Kier molecular flexibility index (Phi) is 4.83. The molecule has 0 bridgehead atoms. The van der Waals surface area contributed by atoms with E-state index < -0.39 is 4.92 Å². The average Bonchev–Trinajstić information content (AvgIpc) is 2.71. The number of hydrogen-bond donors (Lipinski definition) is 0. The minimum Gasteiger partial charge on any atom is -0.287 e. The van der Waals surface area contributed by atoms with Crippen molar-refractivity contribution in [2.75, 3.05) is 0 Å². The number of fused-ring (bicyclic) bond motifs is 2. The van der Waals surface area contributed by atoms with E-state index in [0.29, 0.717) is 28.4 Å². The number of rotatable bonds is 5. The lowest BCUT2D eigenvalue weighted by Crippen LogP contribution is -2.22. The van der Waals surface area contributed by atoms with Crippen LogP contribution in [-0.4, -0.2) is 14.5 Å². The lowest BCUT2D eigenvalue weighted by Gasteiger charge is -2.12. The van der Waals surface area contributed by atoms with Gasteiger partial charge >= 0.3 is 0 Å². The van der Waals surface area contributed by atoms with Gasteiger partial charge in [-0.25, -0.2) is 4.98 Å². The van der Waals surface area contributed by atoms with Crippen molar-refractivity contribution in [2.45, 2.75) is 24.4 Å². The molecular weight excluding hydrogens is 374 g/mol. The van der Waals surface area contributed by atoms with E-state index in [4.69, 9.17) is 4.98 Å². The fourth-order valence-electron chi connectivity index (χ4n) is 3.14. The van der Waals surface area contributed by atoms with Gasteiger partial charge in [0.05, 0.1) is 15.8 Å². The van der Waals surface area contributed by atoms with Gasteiger partial charge in [-0.1, -0.05) is 48.2 Å². The summed E-state index contributed by atoms with van der Waals surface area (Å²) in [4.78, 5) is 28.1. The predicted molar refractivity (Wildman–Crippen MR) is 112 cm³/mol. The number of benzene rings is 3. The SMILES string of the molecule is CCn1c(SCc2ccc([N+](=O)[O-])cc2)nc2cc3ccccc3cc2c1=O. The molecule has 0 radical (unpaired) electrons. The minimum absolute atomic E-state index is 0.0514. The molecule has 1 heterocycles. The van der Waals surface area contributed by atoms with Crippen molar-refractivity contribution in [1.29, 1.82) is 0 Å². The first-order chi connectivity index (χ1) is 13.6. The molecule has 0 saturated carbocycles. The second-order valence-corrected chi connectivity index (χ2v) is 7.32. The van der Waals surface area contributed by atoms with Crippen molar-refractivity contribution < 1.29 is 4.92 Å². The Bertz CT molecular complexity index is 1250. The second kappa shape index (κ2) is 7.44. The molecule has 28 heavy (non-hydrogen) atoms. The third-order valence-corrected chi connectivity index (χ3v) is 5.67. The van der Waals surface area contributed by atoms with E-state index in [1.54, 1.807) is 16.7 Å². The zero-order chi connectivity index (χ0) is 19.7. The highest BCUT2D eigenvalue weighted by molar-refractivity contribution is 7.98. The maximum absolute atomic E-state index is 13.0. The van der Waals surface area contributed by atoms with Gasteiger partial charge in [0.15, 0.2) is 5.16 Å². The maximum atomic E-state index is 13.0. The molecule has 7 heteroatoms. The molecule has 140 valence electrons. The number of nitro groups is 1. The van der Waals surface area contributed by atoms with Crippen molar-refractivity contribution in [3.05, 3.63) is 86.7 Å². The molecule has 0 aliphatic heterocycles. The molecule has 0 aliphatic carbocycles. The first-order valence-electron chi connectivity index (χ1n) is 8.86. The molecule has 0 fully saturated rings. The van der Waals surface area contributed by atoms with E-state index in [9.17, 15) is 14.9 Å². The zero-order valence-corrected chi connectivity index (χ0v) is 16.0. The Balaban J connectivity index is 1.72. The largest absolute Gasteiger partial charge is 0.287 e. The van der Waals surface area contributed by atoms with Crippen LogP contribution in [0.5, 0.6) is 0 Å². The highest BCUT2D eigenvalue weighted by Gasteiger charge is 2.12. The van der Waals surface area contributed by atoms with Crippen LogP contribution in [0.4, 0.5) is 5.69 Å². The van der Waals surface area contributed by atoms with Crippen LogP contribution in [0, 0.1) is 10.1 Å². The Morgan fingerprint density at radius 1 is 1.07 bits per heavy atom.